The number of anilines is 1. The number of nitrogens with zero attached hydrogens (tertiary/aromatic N) is 2. The number of amides is 1. The third kappa shape index (κ3) is 4.42. The first-order valence-corrected chi connectivity index (χ1v) is 11.5. The first-order valence-electron chi connectivity index (χ1n) is 10.7. The van der Waals surface area contributed by atoms with Crippen molar-refractivity contribution < 1.29 is 27.8 Å². The summed E-state index contributed by atoms with van der Waals surface area (Å²) in [5, 5.41) is 14.2. The Morgan fingerprint density at radius 3 is 2.45 bits per heavy atom. The number of likely N-dealkylation sites (tertiary alicyclic amines) is 1. The second-order valence-electron chi connectivity index (χ2n) is 8.51. The summed E-state index contributed by atoms with van der Waals surface area (Å²) in [5.41, 5.74) is 0.206. The van der Waals surface area contributed by atoms with Crippen molar-refractivity contribution in [2.45, 2.75) is 30.7 Å². The molecule has 2 N–H and O–H groups in total. The number of hydrogen-bond donors (Lipinski definition) is 2. The number of hydrogen-bond acceptors (Lipinski definition) is 6. The molecule has 0 saturated carbocycles. The molecule has 2 saturated heterocycles. The molecule has 0 spiro atoms. The van der Waals surface area contributed by atoms with Gasteiger partial charge in [0.15, 0.2) is 5.13 Å². The van der Waals surface area contributed by atoms with Crippen molar-refractivity contribution in [2.24, 2.45) is 0 Å². The molecule has 0 atom stereocenters. The summed E-state index contributed by atoms with van der Waals surface area (Å²) in [7, 11) is 0. The SMILES string of the molecule is O=C(c1ccc(C2(O)COC2)cc1)N1CCC(Nc2nc3ccc(C(F)(F)F)cc3s2)CC1. The molecule has 1 amide bonds. The smallest absolute Gasteiger partial charge is 0.380 e. The molecule has 5 rings (SSSR count). The van der Waals surface area contributed by atoms with E-state index in [1.165, 1.54) is 17.4 Å². The largest absolute Gasteiger partial charge is 0.416 e. The summed E-state index contributed by atoms with van der Waals surface area (Å²) in [6.07, 6.45) is -2.95. The molecule has 0 unspecified atom stereocenters. The second kappa shape index (κ2) is 8.27. The molecule has 2 aromatic carbocycles. The number of nitrogens with one attached hydrogen (secondary N) is 1. The molecule has 0 bridgehead atoms. The van der Waals surface area contributed by atoms with Gasteiger partial charge in [-0.1, -0.05) is 23.5 Å². The van der Waals surface area contributed by atoms with E-state index in [4.69, 9.17) is 4.74 Å². The van der Waals surface area contributed by atoms with Crippen LogP contribution < -0.4 is 5.32 Å². The van der Waals surface area contributed by atoms with Gasteiger partial charge in [-0.05, 0) is 48.7 Å². The molecule has 2 fully saturated rings. The lowest BCUT2D eigenvalue weighted by Crippen LogP contribution is -2.46. The number of benzene rings is 2. The maximum atomic E-state index is 12.9. The van der Waals surface area contributed by atoms with Crippen LogP contribution in [0, 0.1) is 0 Å². The summed E-state index contributed by atoms with van der Waals surface area (Å²) in [6.45, 7) is 1.66. The van der Waals surface area contributed by atoms with Crippen LogP contribution in [0.4, 0.5) is 18.3 Å². The third-order valence-electron chi connectivity index (χ3n) is 6.18. The second-order valence-corrected chi connectivity index (χ2v) is 9.54. The average molecular weight is 478 g/mol. The van der Waals surface area contributed by atoms with Crippen LogP contribution in [0.5, 0.6) is 0 Å². The highest BCUT2D eigenvalue weighted by Gasteiger charge is 2.38. The van der Waals surface area contributed by atoms with E-state index in [9.17, 15) is 23.1 Å². The molecule has 2 aliphatic heterocycles. The predicted molar refractivity (Wildman–Crippen MR) is 118 cm³/mol. The van der Waals surface area contributed by atoms with E-state index in [1.807, 2.05) is 0 Å². The standard InChI is InChI=1S/C23H22F3N3O3S/c24-23(25,26)16-5-6-18-19(11-16)33-21(28-18)27-17-7-9-29(10-8-17)20(30)14-1-3-15(4-2-14)22(31)12-32-13-22/h1-6,11,17,31H,7-10,12-13H2,(H,27,28). The molecule has 3 aromatic rings. The van der Waals surface area contributed by atoms with Gasteiger partial charge in [0, 0.05) is 24.7 Å². The minimum absolute atomic E-state index is 0.0588. The van der Waals surface area contributed by atoms with Crippen LogP contribution in [-0.2, 0) is 16.5 Å². The Hall–Kier alpha value is -2.69. The monoisotopic (exact) mass is 477 g/mol. The first-order chi connectivity index (χ1) is 15.7. The number of rotatable bonds is 4. The maximum Gasteiger partial charge on any atom is 0.416 e. The average Bonchev–Trinajstić information content (AvgIpc) is 3.18. The normalized spacial score (nSPS) is 18.8. The van der Waals surface area contributed by atoms with E-state index in [1.54, 1.807) is 29.2 Å². The fraction of sp³-hybridized carbons (Fsp3) is 0.391. The topological polar surface area (TPSA) is 74.7 Å². The van der Waals surface area contributed by atoms with Crippen molar-refractivity contribution in [1.82, 2.24) is 9.88 Å². The van der Waals surface area contributed by atoms with Crippen LogP contribution >= 0.6 is 11.3 Å². The van der Waals surface area contributed by atoms with Crippen molar-refractivity contribution >= 4 is 32.6 Å². The molecule has 33 heavy (non-hydrogen) atoms. The van der Waals surface area contributed by atoms with E-state index in [-0.39, 0.29) is 25.2 Å². The number of halogens is 3. The lowest BCUT2D eigenvalue weighted by atomic mass is 9.91. The number of carbonyl (C=O) groups excluding carboxylic acids is 1. The van der Waals surface area contributed by atoms with Crippen LogP contribution in [-0.4, -0.2) is 53.2 Å². The molecule has 10 heteroatoms. The minimum atomic E-state index is -4.38. The van der Waals surface area contributed by atoms with Crippen LogP contribution in [0.1, 0.15) is 34.3 Å². The lowest BCUT2D eigenvalue weighted by Gasteiger charge is -2.37. The van der Waals surface area contributed by atoms with Crippen LogP contribution in [0.3, 0.4) is 0 Å². The van der Waals surface area contributed by atoms with Crippen molar-refractivity contribution in [1.29, 1.82) is 0 Å². The van der Waals surface area contributed by atoms with Crippen LogP contribution in [0.25, 0.3) is 10.2 Å². The third-order valence-corrected chi connectivity index (χ3v) is 7.13. The summed E-state index contributed by atoms with van der Waals surface area (Å²) in [6, 6.07) is 10.6. The molecule has 3 heterocycles. The molecular weight excluding hydrogens is 455 g/mol. The quantitative estimate of drug-likeness (QED) is 0.588. The lowest BCUT2D eigenvalue weighted by molar-refractivity contribution is -0.184. The van der Waals surface area contributed by atoms with E-state index in [2.05, 4.69) is 10.3 Å². The number of carbonyl (C=O) groups is 1. The number of alkyl halides is 3. The van der Waals surface area contributed by atoms with E-state index in [0.717, 1.165) is 17.7 Å². The zero-order valence-corrected chi connectivity index (χ0v) is 18.4. The van der Waals surface area contributed by atoms with Gasteiger partial charge >= 0.3 is 6.18 Å². The molecular formula is C23H22F3N3O3S. The Kier molecular flexibility index (Phi) is 5.54. The van der Waals surface area contributed by atoms with Gasteiger partial charge in [-0.2, -0.15) is 13.2 Å². The van der Waals surface area contributed by atoms with Gasteiger partial charge in [0.1, 0.15) is 5.60 Å². The fourth-order valence-corrected chi connectivity index (χ4v) is 5.11. The van der Waals surface area contributed by atoms with Gasteiger partial charge in [-0.15, -0.1) is 0 Å². The number of aliphatic hydroxyl groups is 1. The molecule has 174 valence electrons. The summed E-state index contributed by atoms with van der Waals surface area (Å²) < 4.78 is 44.4. The van der Waals surface area contributed by atoms with E-state index < -0.39 is 17.3 Å². The van der Waals surface area contributed by atoms with Gasteiger partial charge in [0.25, 0.3) is 5.91 Å². The Bertz CT molecular complexity index is 1170. The highest BCUT2D eigenvalue weighted by Crippen LogP contribution is 2.35. The van der Waals surface area contributed by atoms with Gasteiger partial charge in [0.2, 0.25) is 0 Å². The Morgan fingerprint density at radius 2 is 1.85 bits per heavy atom. The summed E-state index contributed by atoms with van der Waals surface area (Å²) in [4.78, 5) is 19.1. The van der Waals surface area contributed by atoms with Gasteiger partial charge in [0.05, 0.1) is 29.0 Å². The van der Waals surface area contributed by atoms with Crippen LogP contribution in [0.15, 0.2) is 42.5 Å². The fourth-order valence-electron chi connectivity index (χ4n) is 4.13. The molecule has 0 aliphatic carbocycles. The van der Waals surface area contributed by atoms with Crippen molar-refractivity contribution in [3.63, 3.8) is 0 Å². The van der Waals surface area contributed by atoms with E-state index >= 15 is 0 Å². The molecule has 1 aromatic heterocycles. The van der Waals surface area contributed by atoms with Gasteiger partial charge in [-0.25, -0.2) is 4.98 Å². The van der Waals surface area contributed by atoms with E-state index in [0.29, 0.717) is 46.8 Å². The number of aromatic nitrogens is 1. The Balaban J connectivity index is 1.18. The molecule has 0 radical (unpaired) electrons. The zero-order valence-electron chi connectivity index (χ0n) is 17.6. The van der Waals surface area contributed by atoms with Crippen molar-refractivity contribution in [3.05, 3.63) is 59.2 Å². The number of fused-ring (bicyclic) bond motifs is 1. The highest BCUT2D eigenvalue weighted by molar-refractivity contribution is 7.22. The Labute approximate surface area is 192 Å². The Morgan fingerprint density at radius 1 is 1.15 bits per heavy atom. The van der Waals surface area contributed by atoms with Gasteiger partial charge < -0.3 is 20.1 Å². The van der Waals surface area contributed by atoms with Crippen molar-refractivity contribution in [3.8, 4) is 0 Å². The van der Waals surface area contributed by atoms with Crippen LogP contribution in [0.2, 0.25) is 0 Å². The first kappa shape index (κ1) is 22.1. The predicted octanol–water partition coefficient (Wildman–Crippen LogP) is 4.25. The number of ether oxygens (including phenoxy) is 1. The molecule has 6 nitrogen and oxygen atoms in total. The van der Waals surface area contributed by atoms with Crippen molar-refractivity contribution in [2.75, 3.05) is 31.6 Å². The number of piperidine rings is 1. The highest BCUT2D eigenvalue weighted by atomic mass is 32.1. The van der Waals surface area contributed by atoms with Gasteiger partial charge in [-0.3, -0.25) is 4.79 Å². The zero-order chi connectivity index (χ0) is 23.2. The minimum Gasteiger partial charge on any atom is -0.380 e. The molecule has 2 aliphatic rings. The summed E-state index contributed by atoms with van der Waals surface area (Å²) in [5.74, 6) is -0.0588. The number of thiazole rings is 1. The maximum absolute atomic E-state index is 12.9. The summed E-state index contributed by atoms with van der Waals surface area (Å²) >= 11 is 1.20.